The van der Waals surface area contributed by atoms with Gasteiger partial charge in [0, 0.05) is 75.6 Å². The van der Waals surface area contributed by atoms with Crippen molar-refractivity contribution in [2.75, 3.05) is 10.6 Å². The maximum Gasteiger partial charge on any atom is 0.269 e. The van der Waals surface area contributed by atoms with E-state index in [-0.39, 0.29) is 17.1 Å². The first kappa shape index (κ1) is 33.3. The third-order valence-corrected chi connectivity index (χ3v) is 9.26. The van der Waals surface area contributed by atoms with Crippen molar-refractivity contribution in [3.8, 4) is 27.9 Å². The summed E-state index contributed by atoms with van der Waals surface area (Å²) in [5.74, 6) is 0. The minimum absolute atomic E-state index is 0.00532. The van der Waals surface area contributed by atoms with Gasteiger partial charge in [0.15, 0.2) is 0 Å². The largest absolute Gasteiger partial charge is 0.356 e. The minimum Gasteiger partial charge on any atom is -0.356 e. The number of benzene rings is 7. The molecule has 0 saturated carbocycles. The van der Waals surface area contributed by atoms with Gasteiger partial charge in [0.1, 0.15) is 0 Å². The molecule has 0 aliphatic rings. The first-order valence-corrected chi connectivity index (χ1v) is 16.8. The molecule has 0 bridgehead atoms. The van der Waals surface area contributed by atoms with E-state index in [2.05, 4.69) is 51.6 Å². The molecule has 1 heterocycles. The summed E-state index contributed by atoms with van der Waals surface area (Å²) in [5, 5.41) is 42.1. The summed E-state index contributed by atoms with van der Waals surface area (Å²) in [4.78, 5) is 32.2. The number of nitrogens with zero attached hydrogens (tertiary/aromatic N) is 4. The highest BCUT2D eigenvalue weighted by Gasteiger charge is 2.16. The highest BCUT2D eigenvalue weighted by Crippen LogP contribution is 2.38. The van der Waals surface area contributed by atoms with Crippen LogP contribution in [0, 0.1) is 30.3 Å². The van der Waals surface area contributed by atoms with Crippen molar-refractivity contribution in [2.24, 2.45) is 0 Å². The Bertz CT molecular complexity index is 2550. The van der Waals surface area contributed by atoms with E-state index >= 15 is 0 Å². The number of hydrogen-bond donors (Lipinski definition) is 2. The quantitative estimate of drug-likeness (QED) is 0.105. The van der Waals surface area contributed by atoms with Gasteiger partial charge in [-0.2, -0.15) is 0 Å². The number of fused-ring (bicyclic) bond motifs is 3. The number of nitro groups is 3. The highest BCUT2D eigenvalue weighted by atomic mass is 16.6. The standard InChI is InChI=1S/C42H28N6O6/c49-46(50)36-15-11-33(12-16-36)43-31-7-1-27(2-8-31)29-5-23-39-40-24-6-30(26-42(40)45(41(39)25-29)35-19-21-38(22-20-35)48(53)54)28-3-9-32(10-4-28)44-34-13-17-37(18-14-34)47(51)52/h1-26,43-44H. The Kier molecular flexibility index (Phi) is 8.44. The summed E-state index contributed by atoms with van der Waals surface area (Å²) in [6.45, 7) is 0. The molecule has 1 aromatic heterocycles. The Hall–Kier alpha value is -7.86. The second kappa shape index (κ2) is 13.7. The van der Waals surface area contributed by atoms with Gasteiger partial charge in [-0.15, -0.1) is 0 Å². The van der Waals surface area contributed by atoms with Gasteiger partial charge in [-0.1, -0.05) is 48.5 Å². The molecular formula is C42H28N6O6. The Morgan fingerprint density at radius 3 is 1.00 bits per heavy atom. The van der Waals surface area contributed by atoms with E-state index in [1.807, 2.05) is 48.5 Å². The molecule has 0 amide bonds. The minimum atomic E-state index is -0.430. The summed E-state index contributed by atoms with van der Waals surface area (Å²) in [6, 6.07) is 47.4. The van der Waals surface area contributed by atoms with E-state index in [9.17, 15) is 30.3 Å². The van der Waals surface area contributed by atoms with Crippen LogP contribution in [0.5, 0.6) is 0 Å². The third kappa shape index (κ3) is 6.53. The van der Waals surface area contributed by atoms with Crippen LogP contribution in [0.25, 0.3) is 49.7 Å². The van der Waals surface area contributed by atoms with Crippen LogP contribution >= 0.6 is 0 Å². The van der Waals surface area contributed by atoms with Crippen molar-refractivity contribution in [2.45, 2.75) is 0 Å². The first-order chi connectivity index (χ1) is 26.2. The van der Waals surface area contributed by atoms with Crippen molar-refractivity contribution in [3.05, 3.63) is 188 Å². The number of nitrogens with one attached hydrogen (secondary N) is 2. The number of hydrogen-bond acceptors (Lipinski definition) is 8. The maximum absolute atomic E-state index is 11.5. The number of anilines is 4. The fourth-order valence-electron chi connectivity index (χ4n) is 6.54. The van der Waals surface area contributed by atoms with Gasteiger partial charge in [0.2, 0.25) is 0 Å². The van der Waals surface area contributed by atoms with Gasteiger partial charge in [-0.05, 0) is 95.1 Å². The molecule has 12 nitrogen and oxygen atoms in total. The molecule has 0 aliphatic carbocycles. The second-order valence-electron chi connectivity index (χ2n) is 12.6. The van der Waals surface area contributed by atoms with Crippen LogP contribution in [0.15, 0.2) is 158 Å². The molecule has 2 N–H and O–H groups in total. The molecule has 8 rings (SSSR count). The molecule has 12 heteroatoms. The lowest BCUT2D eigenvalue weighted by atomic mass is 10.0. The first-order valence-electron chi connectivity index (χ1n) is 16.8. The third-order valence-electron chi connectivity index (χ3n) is 9.26. The molecule has 8 aromatic rings. The summed E-state index contributed by atoms with van der Waals surface area (Å²) in [5.41, 5.74) is 9.75. The van der Waals surface area contributed by atoms with Gasteiger partial charge in [-0.25, -0.2) is 0 Å². The summed E-state index contributed by atoms with van der Waals surface area (Å²) in [7, 11) is 0. The van der Waals surface area contributed by atoms with Crippen LogP contribution < -0.4 is 10.6 Å². The van der Waals surface area contributed by atoms with Crippen LogP contribution in [0.2, 0.25) is 0 Å². The average Bonchev–Trinajstić information content (AvgIpc) is 3.52. The van der Waals surface area contributed by atoms with Crippen molar-refractivity contribution >= 4 is 61.6 Å². The van der Waals surface area contributed by atoms with Crippen LogP contribution in [0.1, 0.15) is 0 Å². The Balaban J connectivity index is 1.14. The topological polar surface area (TPSA) is 158 Å². The molecule has 0 unspecified atom stereocenters. The van der Waals surface area contributed by atoms with Gasteiger partial charge in [-0.3, -0.25) is 30.3 Å². The second-order valence-corrected chi connectivity index (χ2v) is 12.6. The normalized spacial score (nSPS) is 11.0. The van der Waals surface area contributed by atoms with E-state index in [0.717, 1.165) is 72.5 Å². The van der Waals surface area contributed by atoms with Gasteiger partial charge < -0.3 is 15.2 Å². The average molecular weight is 713 g/mol. The molecule has 54 heavy (non-hydrogen) atoms. The molecular weight excluding hydrogens is 684 g/mol. The summed E-state index contributed by atoms with van der Waals surface area (Å²) in [6.07, 6.45) is 0. The Morgan fingerprint density at radius 2 is 0.667 bits per heavy atom. The van der Waals surface area contributed by atoms with Gasteiger partial charge in [0.05, 0.1) is 25.8 Å². The van der Waals surface area contributed by atoms with Crippen molar-refractivity contribution in [1.82, 2.24) is 4.57 Å². The highest BCUT2D eigenvalue weighted by molar-refractivity contribution is 6.11. The van der Waals surface area contributed by atoms with E-state index in [0.29, 0.717) is 0 Å². The fraction of sp³-hybridized carbons (Fsp3) is 0. The predicted molar refractivity (Wildman–Crippen MR) is 211 cm³/mol. The molecule has 262 valence electrons. The number of aromatic nitrogens is 1. The van der Waals surface area contributed by atoms with E-state index in [1.165, 1.54) is 36.4 Å². The zero-order chi connectivity index (χ0) is 37.3. The lowest BCUT2D eigenvalue weighted by Crippen LogP contribution is -1.95. The van der Waals surface area contributed by atoms with E-state index in [1.54, 1.807) is 36.4 Å². The number of nitro benzene ring substituents is 3. The Morgan fingerprint density at radius 1 is 0.370 bits per heavy atom. The van der Waals surface area contributed by atoms with Crippen LogP contribution in [-0.4, -0.2) is 19.3 Å². The molecule has 0 fully saturated rings. The lowest BCUT2D eigenvalue weighted by molar-refractivity contribution is -0.385. The van der Waals surface area contributed by atoms with Crippen LogP contribution in [0.3, 0.4) is 0 Å². The van der Waals surface area contributed by atoms with Gasteiger partial charge >= 0.3 is 0 Å². The maximum atomic E-state index is 11.5. The smallest absolute Gasteiger partial charge is 0.269 e. The fourth-order valence-corrected chi connectivity index (χ4v) is 6.54. The zero-order valence-electron chi connectivity index (χ0n) is 28.2. The van der Waals surface area contributed by atoms with E-state index < -0.39 is 14.8 Å². The molecule has 0 atom stereocenters. The molecule has 0 spiro atoms. The van der Waals surface area contributed by atoms with Gasteiger partial charge in [0.25, 0.3) is 17.1 Å². The SMILES string of the molecule is O=[N+]([O-])c1ccc(Nc2ccc(-c3ccc4c5ccc(-c6ccc(Nc7ccc([N+](=O)[O-])cc7)cc6)cc5n(-c5ccc([N+](=O)[O-])cc5)c4c3)cc2)cc1. The van der Waals surface area contributed by atoms with Crippen molar-refractivity contribution in [1.29, 1.82) is 0 Å². The lowest BCUT2D eigenvalue weighted by Gasteiger charge is -2.11. The Labute approximate surface area is 307 Å². The van der Waals surface area contributed by atoms with Crippen LogP contribution in [-0.2, 0) is 0 Å². The molecule has 7 aromatic carbocycles. The predicted octanol–water partition coefficient (Wildman–Crippen LogP) is 11.3. The number of rotatable bonds is 10. The molecule has 0 radical (unpaired) electrons. The van der Waals surface area contributed by atoms with Crippen molar-refractivity contribution in [3.63, 3.8) is 0 Å². The van der Waals surface area contributed by atoms with E-state index in [4.69, 9.17) is 0 Å². The van der Waals surface area contributed by atoms with Crippen LogP contribution in [0.4, 0.5) is 39.8 Å². The zero-order valence-corrected chi connectivity index (χ0v) is 28.2. The summed E-state index contributed by atoms with van der Waals surface area (Å²) >= 11 is 0. The molecule has 0 saturated heterocycles. The molecule has 0 aliphatic heterocycles. The monoisotopic (exact) mass is 712 g/mol. The van der Waals surface area contributed by atoms with Crippen molar-refractivity contribution < 1.29 is 14.8 Å². The number of non-ortho nitro benzene ring substituents is 3. The summed E-state index contributed by atoms with van der Waals surface area (Å²) < 4.78 is 2.12.